The van der Waals surface area contributed by atoms with E-state index in [1.54, 1.807) is 0 Å². The van der Waals surface area contributed by atoms with Gasteiger partial charge in [0.2, 0.25) is 0 Å². The van der Waals surface area contributed by atoms with Gasteiger partial charge in [0.1, 0.15) is 22.6 Å². The van der Waals surface area contributed by atoms with E-state index in [1.807, 2.05) is 0 Å². The average Bonchev–Trinajstić information content (AvgIpc) is 4.11. The van der Waals surface area contributed by atoms with E-state index < -0.39 is 0 Å². The number of H-pyrrole nitrogens is 2. The van der Waals surface area contributed by atoms with Crippen LogP contribution in [0.25, 0.3) is 89.7 Å². The minimum atomic E-state index is 0.657. The van der Waals surface area contributed by atoms with Crippen molar-refractivity contribution in [2.24, 2.45) is 0 Å². The largest absolute Gasteiger partial charge is 0.371 e. The fourth-order valence-corrected chi connectivity index (χ4v) is 11.5. The quantitative estimate of drug-likeness (QED) is 0.177. The first kappa shape index (κ1) is 37.9. The molecule has 6 aliphatic heterocycles. The summed E-state index contributed by atoms with van der Waals surface area (Å²) in [4.78, 5) is 50.8. The SMILES string of the molecule is c1cc2c(c(N3CCCCC3)c1)-c1nc-2nc2[nH]c(nc3nc(nc4[nH]c(n1)c1cccc(N5CCCCC5)c41)-c1cccc(N4CCCCC4)c1-3)c1cccc(N3CCCCC3)c21. The zero-order valence-electron chi connectivity index (χ0n) is 36.5. The molecular weight excluding hydrogens is 793 g/mol. The normalized spacial score (nSPS) is 17.9. The molecule has 64 heavy (non-hydrogen) atoms. The van der Waals surface area contributed by atoms with E-state index in [4.69, 9.17) is 29.9 Å². The Morgan fingerprint density at radius 1 is 0.312 bits per heavy atom. The Hall–Kier alpha value is -6.56. The van der Waals surface area contributed by atoms with Gasteiger partial charge in [-0.05, 0) is 101 Å². The second kappa shape index (κ2) is 15.6. The van der Waals surface area contributed by atoms with Crippen LogP contribution in [0.15, 0.2) is 72.8 Å². The van der Waals surface area contributed by atoms with E-state index >= 15 is 0 Å². The van der Waals surface area contributed by atoms with E-state index in [0.29, 0.717) is 23.3 Å². The van der Waals surface area contributed by atoms with Crippen molar-refractivity contribution in [3.05, 3.63) is 72.8 Å². The van der Waals surface area contributed by atoms with Gasteiger partial charge in [0.05, 0.1) is 21.9 Å². The van der Waals surface area contributed by atoms with Crippen LogP contribution in [0.1, 0.15) is 77.0 Å². The number of piperidine rings is 4. The molecule has 322 valence electrons. The number of rotatable bonds is 4. The molecule has 4 aromatic carbocycles. The Morgan fingerprint density at radius 3 is 1.03 bits per heavy atom. The van der Waals surface area contributed by atoms with Gasteiger partial charge < -0.3 is 29.6 Å². The molecule has 0 radical (unpaired) electrons. The number of anilines is 4. The van der Waals surface area contributed by atoms with E-state index in [2.05, 4.69) is 102 Å². The molecule has 12 nitrogen and oxygen atoms in total. The fraction of sp³-hybridized carbons (Fsp3) is 0.385. The van der Waals surface area contributed by atoms with Crippen molar-refractivity contribution < 1.29 is 0 Å². The minimum absolute atomic E-state index is 0.657. The van der Waals surface area contributed by atoms with Gasteiger partial charge in [0, 0.05) is 97.0 Å². The van der Waals surface area contributed by atoms with Gasteiger partial charge in [0.15, 0.2) is 23.3 Å². The molecule has 0 aliphatic carbocycles. The summed E-state index contributed by atoms with van der Waals surface area (Å²) in [6, 6.07) is 26.4. The lowest BCUT2D eigenvalue weighted by molar-refractivity contribution is 0.578. The standard InChI is InChI=1S/C52H54N12/c1-5-25-61(26-6-1)37-21-13-17-33-41(37)49-53-45(33)58-50-43-35(19-15-23-39(43)63-29-9-3-10-30-63)47(55-50)60-52-44-36(20-16-24-40(44)64-31-11-4-12-32-64)48(56-52)59-51-42-34(46(54-51)57-49)18-14-22-38(42)62-27-7-2-8-28-62/h13-24H,1-12,25-32H2,(H2,53,54,55,56,57,58,59,60). The smallest absolute Gasteiger partial charge is 0.166 e. The summed E-state index contributed by atoms with van der Waals surface area (Å²) in [5.41, 5.74) is 11.8. The summed E-state index contributed by atoms with van der Waals surface area (Å²) in [6.45, 7) is 8.10. The Labute approximate surface area is 372 Å². The van der Waals surface area contributed by atoms with Crippen LogP contribution < -0.4 is 19.6 Å². The highest BCUT2D eigenvalue weighted by atomic mass is 15.2. The molecule has 4 fully saturated rings. The lowest BCUT2D eigenvalue weighted by Gasteiger charge is -2.30. The summed E-state index contributed by atoms with van der Waals surface area (Å²) < 4.78 is 0. The summed E-state index contributed by atoms with van der Waals surface area (Å²) in [5, 5.41) is 4.18. The van der Waals surface area contributed by atoms with Crippen LogP contribution in [0.3, 0.4) is 0 Å². The molecule has 9 heterocycles. The lowest BCUT2D eigenvalue weighted by atomic mass is 10.0. The monoisotopic (exact) mass is 846 g/mol. The second-order valence-electron chi connectivity index (χ2n) is 18.6. The Kier molecular flexibility index (Phi) is 9.25. The van der Waals surface area contributed by atoms with Crippen LogP contribution in [0.2, 0.25) is 0 Å². The zero-order chi connectivity index (χ0) is 42.1. The van der Waals surface area contributed by atoms with Crippen molar-refractivity contribution in [2.75, 3.05) is 72.0 Å². The van der Waals surface area contributed by atoms with Crippen LogP contribution in [0.4, 0.5) is 22.7 Å². The number of nitrogens with zero attached hydrogens (tertiary/aromatic N) is 10. The van der Waals surface area contributed by atoms with Gasteiger partial charge in [-0.15, -0.1) is 0 Å². The molecule has 0 atom stereocenters. The molecule has 3 aromatic heterocycles. The summed E-state index contributed by atoms with van der Waals surface area (Å²) >= 11 is 0. The third kappa shape index (κ3) is 6.30. The molecule has 0 saturated carbocycles. The Bertz CT molecular complexity index is 2910. The number of hydrogen-bond donors (Lipinski definition) is 2. The lowest BCUT2D eigenvalue weighted by Crippen LogP contribution is -2.29. The Morgan fingerprint density at radius 2 is 0.641 bits per heavy atom. The number of nitrogens with one attached hydrogen (secondary N) is 2. The van der Waals surface area contributed by atoms with Crippen molar-refractivity contribution in [1.29, 1.82) is 0 Å². The number of hydrogen-bond acceptors (Lipinski definition) is 10. The Balaban J connectivity index is 1.17. The average molecular weight is 847 g/mol. The summed E-state index contributed by atoms with van der Waals surface area (Å²) in [7, 11) is 0. The fourth-order valence-electron chi connectivity index (χ4n) is 11.5. The van der Waals surface area contributed by atoms with Crippen molar-refractivity contribution in [1.82, 2.24) is 39.9 Å². The minimum Gasteiger partial charge on any atom is -0.371 e. The van der Waals surface area contributed by atoms with Gasteiger partial charge in [-0.3, -0.25) is 0 Å². The molecule has 0 unspecified atom stereocenters. The highest BCUT2D eigenvalue weighted by Gasteiger charge is 2.30. The van der Waals surface area contributed by atoms with Crippen LogP contribution in [0.5, 0.6) is 0 Å². The molecule has 0 spiro atoms. The molecule has 12 heteroatoms. The van der Waals surface area contributed by atoms with Crippen molar-refractivity contribution in [3.8, 4) is 45.6 Å². The topological polar surface area (TPSA) is 122 Å². The summed E-state index contributed by atoms with van der Waals surface area (Å²) in [5.74, 6) is 2.65. The van der Waals surface area contributed by atoms with Crippen LogP contribution >= 0.6 is 0 Å². The maximum Gasteiger partial charge on any atom is 0.166 e. The number of aromatic nitrogens is 8. The zero-order valence-corrected chi connectivity index (χ0v) is 36.5. The predicted molar refractivity (Wildman–Crippen MR) is 260 cm³/mol. The first-order chi connectivity index (χ1) is 31.7. The molecule has 13 rings (SSSR count). The highest BCUT2D eigenvalue weighted by molar-refractivity contribution is 6.13. The molecular formula is C52H54N12. The molecule has 6 aliphatic rings. The van der Waals surface area contributed by atoms with Gasteiger partial charge in [-0.1, -0.05) is 48.5 Å². The third-order valence-electron chi connectivity index (χ3n) is 14.6. The highest BCUT2D eigenvalue weighted by Crippen LogP contribution is 2.45. The van der Waals surface area contributed by atoms with Crippen LogP contribution in [0, 0.1) is 0 Å². The summed E-state index contributed by atoms with van der Waals surface area (Å²) in [6.07, 6.45) is 14.4. The second-order valence-corrected chi connectivity index (χ2v) is 18.6. The third-order valence-corrected chi connectivity index (χ3v) is 14.6. The number of aromatic amines is 2. The van der Waals surface area contributed by atoms with Gasteiger partial charge in [-0.25, -0.2) is 29.9 Å². The number of benzene rings is 4. The van der Waals surface area contributed by atoms with Crippen LogP contribution in [-0.2, 0) is 0 Å². The molecule has 8 bridgehead atoms. The van der Waals surface area contributed by atoms with E-state index in [-0.39, 0.29) is 0 Å². The van der Waals surface area contributed by atoms with Crippen LogP contribution in [-0.4, -0.2) is 92.2 Å². The van der Waals surface area contributed by atoms with Crippen molar-refractivity contribution >= 4 is 66.9 Å². The first-order valence-corrected chi connectivity index (χ1v) is 24.1. The van der Waals surface area contributed by atoms with E-state index in [1.165, 1.54) is 99.8 Å². The van der Waals surface area contributed by atoms with Crippen molar-refractivity contribution in [2.45, 2.75) is 77.0 Å². The number of fused-ring (bicyclic) bond motifs is 20. The molecule has 7 aromatic rings. The van der Waals surface area contributed by atoms with E-state index in [9.17, 15) is 0 Å². The molecule has 0 amide bonds. The maximum absolute atomic E-state index is 5.56. The van der Waals surface area contributed by atoms with Gasteiger partial charge in [-0.2, -0.15) is 0 Å². The van der Waals surface area contributed by atoms with Gasteiger partial charge >= 0.3 is 0 Å². The molecule has 2 N–H and O–H groups in total. The van der Waals surface area contributed by atoms with Crippen molar-refractivity contribution in [3.63, 3.8) is 0 Å². The maximum atomic E-state index is 5.56. The first-order valence-electron chi connectivity index (χ1n) is 24.1. The van der Waals surface area contributed by atoms with Gasteiger partial charge in [0.25, 0.3) is 0 Å². The predicted octanol–water partition coefficient (Wildman–Crippen LogP) is 10.8. The van der Waals surface area contributed by atoms with E-state index in [0.717, 1.165) is 119 Å². The molecule has 4 saturated heterocycles.